The maximum atomic E-state index is 13.2. The molecule has 0 aromatic heterocycles. The van der Waals surface area contributed by atoms with Crippen molar-refractivity contribution in [1.82, 2.24) is 29.9 Å². The highest BCUT2D eigenvalue weighted by molar-refractivity contribution is 7.89. The Morgan fingerprint density at radius 3 is 1.60 bits per heavy atom. The summed E-state index contributed by atoms with van der Waals surface area (Å²) in [7, 11) is -4.48. The van der Waals surface area contributed by atoms with Crippen molar-refractivity contribution in [3.05, 3.63) is 105 Å². The van der Waals surface area contributed by atoms with Gasteiger partial charge in [-0.2, -0.15) is 8.61 Å². The van der Waals surface area contributed by atoms with Gasteiger partial charge >= 0.3 is 12.1 Å². The molecule has 0 aliphatic heterocycles. The SMILES string of the molecule is Cc1cc(Cl)cc2c1CC[C@H]2Oc1ccc(S(=O)(=O)N(C)CCOCCOCCNC(=O)NCCCCNC(=O)NCCOCCOCCN(C)S(=O)(=O)c2ccc(O[C@@H]3CCC4=C(Cl)CC(C)(Cl)C=C43)cc2)cc1. The van der Waals surface area contributed by atoms with Crippen LogP contribution in [0.2, 0.25) is 5.02 Å². The summed E-state index contributed by atoms with van der Waals surface area (Å²) in [6.07, 6.45) is 6.90. The monoisotopic (exact) mass is 1140 g/mol. The van der Waals surface area contributed by atoms with E-state index in [-0.39, 0.29) is 100 Å². The van der Waals surface area contributed by atoms with Gasteiger partial charge < -0.3 is 49.7 Å². The quantitative estimate of drug-likeness (QED) is 0.0365. The van der Waals surface area contributed by atoms with Gasteiger partial charge in [-0.05, 0) is 141 Å². The zero-order valence-corrected chi connectivity index (χ0v) is 47.0. The summed E-state index contributed by atoms with van der Waals surface area (Å²) in [5, 5.41) is 12.4. The van der Waals surface area contributed by atoms with Crippen molar-refractivity contribution in [3.63, 3.8) is 0 Å². The van der Waals surface area contributed by atoms with E-state index in [9.17, 15) is 26.4 Å². The van der Waals surface area contributed by atoms with Crippen LogP contribution in [0.25, 0.3) is 0 Å². The van der Waals surface area contributed by atoms with E-state index in [1.54, 1.807) is 36.4 Å². The third-order valence-corrected chi connectivity index (χ3v) is 17.4. The van der Waals surface area contributed by atoms with Gasteiger partial charge in [0.2, 0.25) is 20.0 Å². The lowest BCUT2D eigenvalue weighted by Crippen LogP contribution is -2.39. The number of benzene rings is 3. The maximum absolute atomic E-state index is 13.2. The van der Waals surface area contributed by atoms with Crippen LogP contribution in [-0.4, -0.2) is 155 Å². The predicted octanol–water partition coefficient (Wildman–Crippen LogP) is 7.46. The molecule has 4 amide bonds. The number of carbonyl (C=O) groups is 2. The number of rotatable bonds is 31. The molecule has 1 saturated carbocycles. The summed E-state index contributed by atoms with van der Waals surface area (Å²) in [4.78, 5) is 23.9. The number of aryl methyl sites for hydroxylation is 1. The largest absolute Gasteiger partial charge is 0.486 e. The third-order valence-electron chi connectivity index (χ3n) is 12.8. The Morgan fingerprint density at radius 2 is 1.09 bits per heavy atom. The fraction of sp³-hybridized carbons (Fsp3) is 0.538. The molecule has 3 aromatic rings. The molecule has 0 bridgehead atoms. The van der Waals surface area contributed by atoms with Gasteiger partial charge in [-0.15, -0.1) is 11.6 Å². The summed E-state index contributed by atoms with van der Waals surface area (Å²) >= 11 is 19.4. The molecule has 4 N–H and O–H groups in total. The van der Waals surface area contributed by atoms with Gasteiger partial charge in [-0.3, -0.25) is 0 Å². The lowest BCUT2D eigenvalue weighted by molar-refractivity contribution is 0.0471. The molecule has 6 rings (SSSR count). The zero-order chi connectivity index (χ0) is 54.0. The number of unbranched alkanes of at least 4 members (excludes halogenated alkanes) is 1. The molecule has 0 heterocycles. The second-order valence-corrected chi connectivity index (χ2v) is 24.5. The number of halogens is 3. The first-order valence-electron chi connectivity index (χ1n) is 25.2. The number of hydrogen-bond donors (Lipinski definition) is 4. The molecule has 3 aliphatic rings. The van der Waals surface area contributed by atoms with Crippen molar-refractivity contribution in [3.8, 4) is 11.5 Å². The van der Waals surface area contributed by atoms with E-state index < -0.39 is 24.9 Å². The Morgan fingerprint density at radius 1 is 0.640 bits per heavy atom. The number of carbonyl (C=O) groups excluding carboxylic acids is 2. The van der Waals surface area contributed by atoms with Crippen LogP contribution in [0.15, 0.2) is 92.7 Å². The molecule has 23 heteroatoms. The summed E-state index contributed by atoms with van der Waals surface area (Å²) in [5.74, 6) is 1.14. The van der Waals surface area contributed by atoms with E-state index in [1.165, 1.54) is 40.4 Å². The van der Waals surface area contributed by atoms with Crippen LogP contribution in [0.5, 0.6) is 11.5 Å². The number of ether oxygens (including phenoxy) is 6. The Balaban J connectivity index is 0.692. The topological polar surface area (TPSA) is 212 Å². The van der Waals surface area contributed by atoms with E-state index in [2.05, 4.69) is 21.3 Å². The van der Waals surface area contributed by atoms with E-state index >= 15 is 0 Å². The molecular formula is C52H71Cl3N6O12S2. The number of sulfonamides is 2. The highest BCUT2D eigenvalue weighted by Gasteiger charge is 2.37. The fourth-order valence-corrected chi connectivity index (χ4v) is 12.1. The molecule has 0 spiro atoms. The van der Waals surface area contributed by atoms with Crippen molar-refractivity contribution in [1.29, 1.82) is 0 Å². The molecule has 0 radical (unpaired) electrons. The molecule has 1 unspecified atom stereocenters. The second kappa shape index (κ2) is 29.0. The third kappa shape index (κ3) is 18.2. The lowest BCUT2D eigenvalue weighted by atomic mass is 9.92. The van der Waals surface area contributed by atoms with Gasteiger partial charge in [0.15, 0.2) is 0 Å². The first-order chi connectivity index (χ1) is 35.8. The van der Waals surface area contributed by atoms with E-state index in [0.29, 0.717) is 62.0 Å². The minimum Gasteiger partial charge on any atom is -0.486 e. The first kappa shape index (κ1) is 60.0. The predicted molar refractivity (Wildman–Crippen MR) is 289 cm³/mol. The number of nitrogens with one attached hydrogen (secondary N) is 4. The second-order valence-electron chi connectivity index (χ2n) is 18.6. The number of urea groups is 2. The fourth-order valence-electron chi connectivity index (χ4n) is 8.72. The zero-order valence-electron chi connectivity index (χ0n) is 43.1. The van der Waals surface area contributed by atoms with Crippen LogP contribution in [0.4, 0.5) is 9.59 Å². The lowest BCUT2D eigenvalue weighted by Gasteiger charge is -2.27. The van der Waals surface area contributed by atoms with Gasteiger partial charge in [0.25, 0.3) is 0 Å². The standard InChI is InChI=1S/C52H71Cl3N6O12S2/c1-37-33-38(53)34-45-43(37)15-17-48(45)72-39-7-11-41(12-8-39)74(64,65)60(3)23-27-70-31-29-68-25-21-58-50(62)56-19-5-6-20-57-51(63)59-22-26-69-30-32-71-28-24-61(4)75(66,67)42-13-9-40(10-14-42)73-49-18-16-44-46(49)35-52(2,55)36-47(44)54/h7-14,33-35,48-49H,5-6,15-32,36H2,1-4H3,(H2,56,58,62)(H2,57,59,63)/t48-,49-,52?/m1/s1. The summed E-state index contributed by atoms with van der Waals surface area (Å²) in [6.45, 7) is 7.67. The minimum absolute atomic E-state index is 0.136. The highest BCUT2D eigenvalue weighted by Crippen LogP contribution is 2.46. The van der Waals surface area contributed by atoms with Crippen LogP contribution >= 0.6 is 34.8 Å². The van der Waals surface area contributed by atoms with Crippen molar-refractivity contribution in [2.75, 3.05) is 106 Å². The van der Waals surface area contributed by atoms with Crippen LogP contribution in [-0.2, 0) is 45.4 Å². The number of amides is 4. The Kier molecular flexibility index (Phi) is 23.2. The van der Waals surface area contributed by atoms with E-state index in [4.69, 9.17) is 63.2 Å². The molecule has 3 aliphatic carbocycles. The number of allylic oxidation sites excluding steroid dienone is 2. The average Bonchev–Trinajstić information content (AvgIpc) is 3.96. The van der Waals surface area contributed by atoms with Crippen LogP contribution in [0, 0.1) is 6.92 Å². The summed E-state index contributed by atoms with van der Waals surface area (Å²) in [5.41, 5.74) is 5.57. The Labute approximate surface area is 457 Å². The van der Waals surface area contributed by atoms with Crippen LogP contribution in [0.3, 0.4) is 0 Å². The normalized spacial score (nSPS) is 18.4. The smallest absolute Gasteiger partial charge is 0.314 e. The van der Waals surface area contributed by atoms with Gasteiger partial charge in [0.05, 0.1) is 67.5 Å². The molecule has 75 heavy (non-hydrogen) atoms. The molecule has 3 atom stereocenters. The average molecular weight is 1140 g/mol. The Bertz CT molecular complexity index is 2660. The van der Waals surface area contributed by atoms with Crippen molar-refractivity contribution < 1.29 is 54.8 Å². The number of likely N-dealkylation sites (N-methyl/N-ethyl adjacent to an activating group) is 2. The van der Waals surface area contributed by atoms with E-state index in [0.717, 1.165) is 53.0 Å². The van der Waals surface area contributed by atoms with Crippen molar-refractivity contribution >= 4 is 66.9 Å². The number of alkyl halides is 1. The van der Waals surface area contributed by atoms with Crippen molar-refractivity contribution in [2.45, 2.75) is 85.7 Å². The molecule has 18 nitrogen and oxygen atoms in total. The Hall–Kier alpha value is -4.19. The maximum Gasteiger partial charge on any atom is 0.314 e. The van der Waals surface area contributed by atoms with Gasteiger partial charge in [-0.1, -0.05) is 29.3 Å². The molecule has 1 fully saturated rings. The molecule has 3 aromatic carbocycles. The van der Waals surface area contributed by atoms with Crippen LogP contribution in [0.1, 0.15) is 68.2 Å². The van der Waals surface area contributed by atoms with E-state index in [1.807, 2.05) is 32.1 Å². The highest BCUT2D eigenvalue weighted by atomic mass is 35.5. The molecular weight excluding hydrogens is 1070 g/mol. The number of hydrogen-bond acceptors (Lipinski definition) is 12. The summed E-state index contributed by atoms with van der Waals surface area (Å²) < 4.78 is 89.7. The summed E-state index contributed by atoms with van der Waals surface area (Å²) in [6, 6.07) is 16.0. The molecule has 0 saturated heterocycles. The van der Waals surface area contributed by atoms with Gasteiger partial charge in [-0.25, -0.2) is 26.4 Å². The van der Waals surface area contributed by atoms with Crippen LogP contribution < -0.4 is 30.7 Å². The van der Waals surface area contributed by atoms with Gasteiger partial charge in [0.1, 0.15) is 23.7 Å². The first-order valence-corrected chi connectivity index (χ1v) is 29.2. The number of nitrogens with zero attached hydrogens (tertiary/aromatic N) is 2. The number of fused-ring (bicyclic) bond motifs is 2. The van der Waals surface area contributed by atoms with Crippen molar-refractivity contribution in [2.24, 2.45) is 0 Å². The minimum atomic E-state index is -3.75. The van der Waals surface area contributed by atoms with Gasteiger partial charge in [0, 0.05) is 69.8 Å². The molecule has 414 valence electrons.